The van der Waals surface area contributed by atoms with E-state index in [4.69, 9.17) is 17.0 Å². The van der Waals surface area contributed by atoms with E-state index in [-0.39, 0.29) is 5.69 Å². The number of aromatic nitrogens is 1. The van der Waals surface area contributed by atoms with E-state index in [9.17, 15) is 10.1 Å². The van der Waals surface area contributed by atoms with Gasteiger partial charge in [-0.3, -0.25) is 10.1 Å². The standard InChI is InChI=1S/C13H12N4O3S/c1-20-11-5-2-9(3-6-11)15-13(21)16-12-7-4-10(8-14-12)17(18)19/h2-8H,1H3,(H2,14,15,16,21). The van der Waals surface area contributed by atoms with Crippen molar-refractivity contribution in [3.05, 3.63) is 52.7 Å². The fourth-order valence-corrected chi connectivity index (χ4v) is 1.74. The zero-order valence-electron chi connectivity index (χ0n) is 11.1. The van der Waals surface area contributed by atoms with Crippen molar-refractivity contribution >= 4 is 34.5 Å². The average molecular weight is 304 g/mol. The molecule has 2 rings (SSSR count). The predicted octanol–water partition coefficient (Wildman–Crippen LogP) is 2.81. The molecule has 0 aliphatic heterocycles. The molecule has 0 aliphatic rings. The van der Waals surface area contributed by atoms with Crippen molar-refractivity contribution in [1.29, 1.82) is 0 Å². The van der Waals surface area contributed by atoms with E-state index in [1.54, 1.807) is 19.2 Å². The summed E-state index contributed by atoms with van der Waals surface area (Å²) in [6, 6.07) is 10.1. The summed E-state index contributed by atoms with van der Waals surface area (Å²) in [5.74, 6) is 1.17. The van der Waals surface area contributed by atoms with E-state index in [0.717, 1.165) is 11.4 Å². The molecule has 0 bridgehead atoms. The van der Waals surface area contributed by atoms with Crippen LogP contribution in [0.2, 0.25) is 0 Å². The largest absolute Gasteiger partial charge is 0.497 e. The molecule has 7 nitrogen and oxygen atoms in total. The third kappa shape index (κ3) is 4.11. The monoisotopic (exact) mass is 304 g/mol. The molecular formula is C13H12N4O3S. The number of benzene rings is 1. The van der Waals surface area contributed by atoms with E-state index < -0.39 is 4.92 Å². The van der Waals surface area contributed by atoms with Crippen LogP contribution in [0.25, 0.3) is 0 Å². The number of pyridine rings is 1. The maximum atomic E-state index is 10.5. The zero-order valence-corrected chi connectivity index (χ0v) is 11.9. The number of anilines is 2. The minimum atomic E-state index is -0.509. The Morgan fingerprint density at radius 3 is 2.48 bits per heavy atom. The van der Waals surface area contributed by atoms with E-state index in [1.165, 1.54) is 18.3 Å². The van der Waals surface area contributed by atoms with Gasteiger partial charge in [0.05, 0.1) is 12.0 Å². The maximum absolute atomic E-state index is 10.5. The molecule has 8 heteroatoms. The normalized spacial score (nSPS) is 9.76. The Hall–Kier alpha value is -2.74. The number of methoxy groups -OCH3 is 1. The van der Waals surface area contributed by atoms with Crippen LogP contribution in [0.15, 0.2) is 42.6 Å². The van der Waals surface area contributed by atoms with Crippen molar-refractivity contribution < 1.29 is 9.66 Å². The minimum Gasteiger partial charge on any atom is -0.497 e. The van der Waals surface area contributed by atoms with Crippen LogP contribution in [-0.2, 0) is 0 Å². The Morgan fingerprint density at radius 2 is 1.95 bits per heavy atom. The topological polar surface area (TPSA) is 89.3 Å². The lowest BCUT2D eigenvalue weighted by Gasteiger charge is -2.10. The Morgan fingerprint density at radius 1 is 1.24 bits per heavy atom. The molecule has 0 saturated heterocycles. The molecule has 0 spiro atoms. The van der Waals surface area contributed by atoms with Crippen molar-refractivity contribution in [2.75, 3.05) is 17.7 Å². The number of ether oxygens (including phenoxy) is 1. The lowest BCUT2D eigenvalue weighted by Crippen LogP contribution is -2.19. The number of thiocarbonyl (C=S) groups is 1. The molecule has 0 radical (unpaired) electrons. The molecule has 21 heavy (non-hydrogen) atoms. The Kier molecular flexibility index (Phi) is 4.62. The second-order valence-corrected chi connectivity index (χ2v) is 4.37. The summed E-state index contributed by atoms with van der Waals surface area (Å²) in [5.41, 5.74) is 0.713. The second kappa shape index (κ2) is 6.62. The van der Waals surface area contributed by atoms with Gasteiger partial charge in [0, 0.05) is 11.8 Å². The van der Waals surface area contributed by atoms with E-state index >= 15 is 0 Å². The first-order valence-electron chi connectivity index (χ1n) is 5.91. The summed E-state index contributed by atoms with van der Waals surface area (Å²) in [4.78, 5) is 13.9. The lowest BCUT2D eigenvalue weighted by atomic mass is 10.3. The Bertz CT molecular complexity index is 643. The molecule has 0 saturated carbocycles. The molecule has 0 atom stereocenters. The van der Waals surface area contributed by atoms with Gasteiger partial charge in [0.15, 0.2) is 5.11 Å². The van der Waals surface area contributed by atoms with E-state index in [2.05, 4.69) is 15.6 Å². The van der Waals surface area contributed by atoms with Crippen molar-refractivity contribution in [1.82, 2.24) is 4.98 Å². The van der Waals surface area contributed by atoms with Gasteiger partial charge in [0.2, 0.25) is 0 Å². The minimum absolute atomic E-state index is 0.0745. The molecule has 2 N–H and O–H groups in total. The SMILES string of the molecule is COc1ccc(NC(=S)Nc2ccc([N+](=O)[O-])cn2)cc1. The number of nitro groups is 1. The van der Waals surface area contributed by atoms with Gasteiger partial charge in [-0.25, -0.2) is 4.98 Å². The van der Waals surface area contributed by atoms with Crippen molar-refractivity contribution in [2.24, 2.45) is 0 Å². The molecule has 0 unspecified atom stereocenters. The van der Waals surface area contributed by atoms with Gasteiger partial charge in [-0.2, -0.15) is 0 Å². The Labute approximate surface area is 126 Å². The molecule has 1 aromatic carbocycles. The van der Waals surface area contributed by atoms with Gasteiger partial charge in [0.1, 0.15) is 17.8 Å². The van der Waals surface area contributed by atoms with Crippen LogP contribution in [0.5, 0.6) is 5.75 Å². The summed E-state index contributed by atoms with van der Waals surface area (Å²) in [7, 11) is 1.59. The zero-order chi connectivity index (χ0) is 15.2. The highest BCUT2D eigenvalue weighted by atomic mass is 32.1. The number of nitrogens with zero attached hydrogens (tertiary/aromatic N) is 2. The molecule has 0 aliphatic carbocycles. The van der Waals surface area contributed by atoms with Gasteiger partial charge in [0.25, 0.3) is 5.69 Å². The molecule has 108 valence electrons. The smallest absolute Gasteiger partial charge is 0.287 e. The van der Waals surface area contributed by atoms with Crippen LogP contribution in [0.1, 0.15) is 0 Å². The lowest BCUT2D eigenvalue weighted by molar-refractivity contribution is -0.385. The molecule has 0 amide bonds. The van der Waals surface area contributed by atoms with Crippen LogP contribution >= 0.6 is 12.2 Å². The van der Waals surface area contributed by atoms with Crippen molar-refractivity contribution in [3.63, 3.8) is 0 Å². The van der Waals surface area contributed by atoms with Crippen molar-refractivity contribution in [2.45, 2.75) is 0 Å². The highest BCUT2D eigenvalue weighted by Gasteiger charge is 2.06. The van der Waals surface area contributed by atoms with Gasteiger partial charge >= 0.3 is 0 Å². The van der Waals surface area contributed by atoms with Crippen molar-refractivity contribution in [3.8, 4) is 5.75 Å². The second-order valence-electron chi connectivity index (χ2n) is 3.97. The van der Waals surface area contributed by atoms with Gasteiger partial charge in [-0.05, 0) is 42.5 Å². The molecule has 1 aromatic heterocycles. The number of nitrogens with one attached hydrogen (secondary N) is 2. The van der Waals surface area contributed by atoms with Crippen LogP contribution in [0.3, 0.4) is 0 Å². The first-order valence-corrected chi connectivity index (χ1v) is 6.32. The van der Waals surface area contributed by atoms with Crippen LogP contribution in [0.4, 0.5) is 17.2 Å². The molecule has 0 fully saturated rings. The number of hydrogen-bond acceptors (Lipinski definition) is 5. The first kappa shape index (κ1) is 14.7. The van der Waals surface area contributed by atoms with Crippen LogP contribution in [-0.4, -0.2) is 22.1 Å². The van der Waals surface area contributed by atoms with Crippen LogP contribution < -0.4 is 15.4 Å². The number of rotatable bonds is 4. The molecule has 2 aromatic rings. The summed E-state index contributed by atoms with van der Waals surface area (Å²) >= 11 is 5.14. The quantitative estimate of drug-likeness (QED) is 0.510. The fourth-order valence-electron chi connectivity index (χ4n) is 1.52. The first-order chi connectivity index (χ1) is 10.1. The van der Waals surface area contributed by atoms with E-state index in [1.807, 2.05) is 12.1 Å². The summed E-state index contributed by atoms with van der Waals surface area (Å²) in [5, 5.41) is 16.7. The molecule has 1 heterocycles. The van der Waals surface area contributed by atoms with Crippen LogP contribution in [0, 0.1) is 10.1 Å². The van der Waals surface area contributed by atoms with Gasteiger partial charge in [-0.1, -0.05) is 0 Å². The summed E-state index contributed by atoms with van der Waals surface area (Å²) in [6.07, 6.45) is 1.17. The third-order valence-corrected chi connectivity index (χ3v) is 2.75. The predicted molar refractivity (Wildman–Crippen MR) is 83.7 cm³/mol. The highest BCUT2D eigenvalue weighted by Crippen LogP contribution is 2.16. The Balaban J connectivity index is 1.95. The van der Waals surface area contributed by atoms with Gasteiger partial charge < -0.3 is 15.4 Å². The summed E-state index contributed by atoms with van der Waals surface area (Å²) < 4.78 is 5.06. The summed E-state index contributed by atoms with van der Waals surface area (Å²) in [6.45, 7) is 0. The number of hydrogen-bond donors (Lipinski definition) is 2. The van der Waals surface area contributed by atoms with Gasteiger partial charge in [-0.15, -0.1) is 0 Å². The maximum Gasteiger partial charge on any atom is 0.287 e. The fraction of sp³-hybridized carbons (Fsp3) is 0.0769. The average Bonchev–Trinajstić information content (AvgIpc) is 2.48. The highest BCUT2D eigenvalue weighted by molar-refractivity contribution is 7.80. The van der Waals surface area contributed by atoms with E-state index in [0.29, 0.717) is 10.9 Å². The molecular weight excluding hydrogens is 292 g/mol. The third-order valence-electron chi connectivity index (χ3n) is 2.55.